The van der Waals surface area contributed by atoms with E-state index in [1.807, 2.05) is 12.2 Å². The van der Waals surface area contributed by atoms with Gasteiger partial charge in [-0.05, 0) is 83.5 Å². The Morgan fingerprint density at radius 1 is 0.368 bits per heavy atom. The third-order valence-electron chi connectivity index (χ3n) is 9.10. The molecule has 0 bridgehead atoms. The van der Waals surface area contributed by atoms with Crippen LogP contribution in [-0.2, 0) is 28.6 Å². The molecule has 0 heterocycles. The molecule has 0 aromatic carbocycles. The molecule has 0 fully saturated rings. The highest BCUT2D eigenvalue weighted by atomic mass is 16.6. The molecular weight excluding hydrogens is 709 g/mol. The monoisotopic (exact) mass is 791 g/mol. The smallest absolute Gasteiger partial charge is 0.306 e. The van der Waals surface area contributed by atoms with Crippen molar-refractivity contribution in [3.05, 3.63) is 97.2 Å². The highest BCUT2D eigenvalue weighted by Gasteiger charge is 2.19. The second-order valence-electron chi connectivity index (χ2n) is 14.5. The number of unbranched alkanes of at least 4 members (excludes halogenated alkanes) is 12. The summed E-state index contributed by atoms with van der Waals surface area (Å²) in [4.78, 5) is 37.7. The van der Waals surface area contributed by atoms with Gasteiger partial charge in [-0.15, -0.1) is 0 Å². The SMILES string of the molecule is CC/C=C\C/C=C\C/C=C\C/C=C\CCCCC(=O)OCC(COC(=O)CCCCCCCCCCCCC)OC(=O)CC/C=C\C/C=C\C/C=C\C/C=C\CC. The van der Waals surface area contributed by atoms with E-state index in [1.54, 1.807) is 0 Å². The van der Waals surface area contributed by atoms with Crippen molar-refractivity contribution in [2.75, 3.05) is 13.2 Å². The van der Waals surface area contributed by atoms with Crippen molar-refractivity contribution in [2.45, 2.75) is 194 Å². The second kappa shape index (κ2) is 45.0. The van der Waals surface area contributed by atoms with E-state index in [9.17, 15) is 14.4 Å². The van der Waals surface area contributed by atoms with Crippen LogP contribution < -0.4 is 0 Å². The lowest BCUT2D eigenvalue weighted by molar-refractivity contribution is -0.166. The molecule has 0 aliphatic carbocycles. The summed E-state index contributed by atoms with van der Waals surface area (Å²) in [5.41, 5.74) is 0. The van der Waals surface area contributed by atoms with Gasteiger partial charge in [0.25, 0.3) is 0 Å². The standard InChI is InChI=1S/C51H82O6/c1-4-7-10-13-16-19-22-24-25-27-29-32-35-38-41-44-50(53)56-47-48(46-55-49(52)43-40-37-34-31-28-21-18-15-12-9-6-3)57-51(54)45-42-39-36-33-30-26-23-20-17-14-11-8-5-2/h7-8,10-11,16-17,19-20,24-26,29-30,32,36,39,48H,4-6,9,12-15,18,21-23,27-28,31,33-35,37-38,40-47H2,1-3H3/b10-7-,11-8-,19-16-,20-17-,25-24-,30-26-,32-29-,39-36-. The minimum atomic E-state index is -0.829. The highest BCUT2D eigenvalue weighted by Crippen LogP contribution is 2.13. The molecule has 0 aliphatic rings. The fourth-order valence-corrected chi connectivity index (χ4v) is 5.74. The summed E-state index contributed by atoms with van der Waals surface area (Å²) in [7, 11) is 0. The van der Waals surface area contributed by atoms with Crippen molar-refractivity contribution >= 4 is 17.9 Å². The molecule has 0 saturated heterocycles. The van der Waals surface area contributed by atoms with Gasteiger partial charge >= 0.3 is 17.9 Å². The summed E-state index contributed by atoms with van der Waals surface area (Å²) >= 11 is 0. The molecule has 0 aromatic heterocycles. The summed E-state index contributed by atoms with van der Waals surface area (Å²) < 4.78 is 16.6. The summed E-state index contributed by atoms with van der Waals surface area (Å²) in [5, 5.41) is 0. The molecule has 0 rings (SSSR count). The second-order valence-corrected chi connectivity index (χ2v) is 14.5. The third-order valence-corrected chi connectivity index (χ3v) is 9.10. The van der Waals surface area contributed by atoms with Gasteiger partial charge in [-0.25, -0.2) is 0 Å². The average molecular weight is 791 g/mol. The maximum atomic E-state index is 12.7. The Hall–Kier alpha value is -3.67. The van der Waals surface area contributed by atoms with Crippen molar-refractivity contribution in [3.8, 4) is 0 Å². The number of rotatable bonds is 39. The Kier molecular flexibility index (Phi) is 42.1. The lowest BCUT2D eigenvalue weighted by atomic mass is 10.1. The van der Waals surface area contributed by atoms with Gasteiger partial charge in [0.05, 0.1) is 0 Å². The Morgan fingerprint density at radius 3 is 1.14 bits per heavy atom. The molecule has 6 heteroatoms. The van der Waals surface area contributed by atoms with Crippen LogP contribution in [0.1, 0.15) is 188 Å². The predicted octanol–water partition coefficient (Wildman–Crippen LogP) is 14.6. The van der Waals surface area contributed by atoms with Gasteiger partial charge in [0.15, 0.2) is 6.10 Å². The van der Waals surface area contributed by atoms with Crippen molar-refractivity contribution in [3.63, 3.8) is 0 Å². The van der Waals surface area contributed by atoms with E-state index in [0.29, 0.717) is 25.7 Å². The van der Waals surface area contributed by atoms with Crippen molar-refractivity contribution in [1.29, 1.82) is 0 Å². The third kappa shape index (κ3) is 43.3. The van der Waals surface area contributed by atoms with Crippen LogP contribution in [0.15, 0.2) is 97.2 Å². The van der Waals surface area contributed by atoms with E-state index in [4.69, 9.17) is 14.2 Å². The van der Waals surface area contributed by atoms with Crippen LogP contribution in [0.2, 0.25) is 0 Å². The Bertz CT molecular complexity index is 1180. The van der Waals surface area contributed by atoms with E-state index in [-0.39, 0.29) is 31.6 Å². The van der Waals surface area contributed by atoms with Crippen LogP contribution >= 0.6 is 0 Å². The van der Waals surface area contributed by atoms with Gasteiger partial charge in [0.1, 0.15) is 13.2 Å². The van der Waals surface area contributed by atoms with Crippen LogP contribution in [0, 0.1) is 0 Å². The first-order chi connectivity index (χ1) is 28.0. The molecular formula is C51H82O6. The van der Waals surface area contributed by atoms with Crippen molar-refractivity contribution in [2.24, 2.45) is 0 Å². The van der Waals surface area contributed by atoms with Crippen LogP contribution in [0.25, 0.3) is 0 Å². The number of carbonyl (C=O) groups excluding carboxylic acids is 3. The number of esters is 3. The Morgan fingerprint density at radius 2 is 0.719 bits per heavy atom. The molecule has 0 N–H and O–H groups in total. The van der Waals surface area contributed by atoms with Gasteiger partial charge in [0.2, 0.25) is 0 Å². The molecule has 0 aromatic rings. The fourth-order valence-electron chi connectivity index (χ4n) is 5.74. The van der Waals surface area contributed by atoms with Crippen molar-refractivity contribution < 1.29 is 28.6 Å². The van der Waals surface area contributed by atoms with E-state index in [2.05, 4.69) is 106 Å². The molecule has 0 aliphatic heterocycles. The van der Waals surface area contributed by atoms with Gasteiger partial charge in [-0.1, -0.05) is 182 Å². The maximum Gasteiger partial charge on any atom is 0.306 e. The van der Waals surface area contributed by atoms with Gasteiger partial charge in [-0.2, -0.15) is 0 Å². The van der Waals surface area contributed by atoms with Crippen molar-refractivity contribution in [1.82, 2.24) is 0 Å². The lowest BCUT2D eigenvalue weighted by Gasteiger charge is -2.18. The zero-order chi connectivity index (χ0) is 41.5. The first kappa shape index (κ1) is 53.3. The topological polar surface area (TPSA) is 78.9 Å². The highest BCUT2D eigenvalue weighted by molar-refractivity contribution is 5.71. The molecule has 322 valence electrons. The molecule has 57 heavy (non-hydrogen) atoms. The first-order valence-electron chi connectivity index (χ1n) is 22.7. The number of ether oxygens (including phenoxy) is 3. The van der Waals surface area contributed by atoms with Gasteiger partial charge < -0.3 is 14.2 Å². The van der Waals surface area contributed by atoms with E-state index in [1.165, 1.54) is 51.4 Å². The average Bonchev–Trinajstić information content (AvgIpc) is 3.21. The Labute approximate surface area is 349 Å². The summed E-state index contributed by atoms with van der Waals surface area (Å²) in [6, 6.07) is 0. The zero-order valence-corrected chi connectivity index (χ0v) is 36.6. The predicted molar refractivity (Wildman–Crippen MR) is 242 cm³/mol. The minimum absolute atomic E-state index is 0.119. The summed E-state index contributed by atoms with van der Waals surface area (Å²) in [5.74, 6) is -1.06. The van der Waals surface area contributed by atoms with Crippen LogP contribution in [0.5, 0.6) is 0 Å². The quantitative estimate of drug-likeness (QED) is 0.0267. The summed E-state index contributed by atoms with van der Waals surface area (Å²) in [6.45, 7) is 6.27. The zero-order valence-electron chi connectivity index (χ0n) is 36.6. The first-order valence-corrected chi connectivity index (χ1v) is 22.7. The van der Waals surface area contributed by atoms with Crippen LogP contribution in [0.3, 0.4) is 0 Å². The molecule has 0 spiro atoms. The molecule has 1 atom stereocenters. The molecule has 0 radical (unpaired) electrons. The molecule has 1 unspecified atom stereocenters. The minimum Gasteiger partial charge on any atom is -0.462 e. The molecule has 0 saturated carbocycles. The number of carbonyl (C=O) groups is 3. The fraction of sp³-hybridized carbons (Fsp3) is 0.627. The largest absolute Gasteiger partial charge is 0.462 e. The Balaban J connectivity index is 4.56. The normalized spacial score (nSPS) is 13.0. The van der Waals surface area contributed by atoms with Gasteiger partial charge in [0, 0.05) is 19.3 Å². The molecule has 6 nitrogen and oxygen atoms in total. The van der Waals surface area contributed by atoms with E-state index >= 15 is 0 Å². The van der Waals surface area contributed by atoms with Crippen LogP contribution in [-0.4, -0.2) is 37.2 Å². The number of allylic oxidation sites excluding steroid dienone is 16. The summed E-state index contributed by atoms with van der Waals surface area (Å²) in [6.07, 6.45) is 58.3. The lowest BCUT2D eigenvalue weighted by Crippen LogP contribution is -2.30. The maximum absolute atomic E-state index is 12.7. The van der Waals surface area contributed by atoms with Gasteiger partial charge in [-0.3, -0.25) is 14.4 Å². The molecule has 0 amide bonds. The number of hydrogen-bond donors (Lipinski definition) is 0. The van der Waals surface area contributed by atoms with E-state index < -0.39 is 12.1 Å². The number of hydrogen-bond acceptors (Lipinski definition) is 6. The van der Waals surface area contributed by atoms with E-state index in [0.717, 1.165) is 83.5 Å². The van der Waals surface area contributed by atoms with Crippen LogP contribution in [0.4, 0.5) is 0 Å².